The second-order valence-corrected chi connectivity index (χ2v) is 9.12. The van der Waals surface area contributed by atoms with Crippen LogP contribution >= 0.6 is 0 Å². The Kier molecular flexibility index (Phi) is 5.15. The third-order valence-corrected chi connectivity index (χ3v) is 6.51. The van der Waals surface area contributed by atoms with Crippen molar-refractivity contribution in [3.05, 3.63) is 59.7 Å². The van der Waals surface area contributed by atoms with Gasteiger partial charge in [0.05, 0.1) is 18.8 Å². The number of aryl methyl sites for hydroxylation is 2. The largest absolute Gasteiger partial charge is 0.350 e. The molecular formula is C25H27N7O2. The summed E-state index contributed by atoms with van der Waals surface area (Å²) in [6.45, 7) is 4.42. The molecule has 0 spiro atoms. The molecule has 1 N–H and O–H groups in total. The SMILES string of the molecule is Cc1nn(-c2ccnc(Nc3ccc4c(c3)c(C(=O)C3CC3)cn4C)n2)cc1CN1CCCO1. The van der Waals surface area contributed by atoms with Gasteiger partial charge < -0.3 is 9.88 Å². The molecule has 0 bridgehead atoms. The van der Waals surface area contributed by atoms with Crippen LogP contribution in [-0.4, -0.2) is 48.3 Å². The number of carbonyl (C=O) groups excluding carboxylic acids is 1. The van der Waals surface area contributed by atoms with Crippen LogP contribution in [0.5, 0.6) is 0 Å². The molecular weight excluding hydrogens is 430 g/mol. The molecule has 6 rings (SSSR count). The van der Waals surface area contributed by atoms with Gasteiger partial charge in [-0.05, 0) is 44.4 Å². The molecule has 4 heterocycles. The molecule has 0 atom stereocenters. The van der Waals surface area contributed by atoms with E-state index in [0.29, 0.717) is 18.3 Å². The Morgan fingerprint density at radius 2 is 2.12 bits per heavy atom. The van der Waals surface area contributed by atoms with Gasteiger partial charge in [0, 0.05) is 71.9 Å². The maximum Gasteiger partial charge on any atom is 0.229 e. The third-order valence-electron chi connectivity index (χ3n) is 6.51. The highest BCUT2D eigenvalue weighted by atomic mass is 16.7. The average molecular weight is 458 g/mol. The first kappa shape index (κ1) is 21.0. The number of ketones is 1. The molecule has 34 heavy (non-hydrogen) atoms. The highest BCUT2D eigenvalue weighted by Crippen LogP contribution is 2.36. The lowest BCUT2D eigenvalue weighted by Crippen LogP contribution is -2.17. The molecule has 2 aliphatic rings. The quantitative estimate of drug-likeness (QED) is 0.421. The van der Waals surface area contributed by atoms with E-state index in [0.717, 1.165) is 65.8 Å². The van der Waals surface area contributed by atoms with Crippen molar-refractivity contribution in [2.24, 2.45) is 13.0 Å². The minimum Gasteiger partial charge on any atom is -0.350 e. The number of nitrogens with one attached hydrogen (secondary N) is 1. The number of aromatic nitrogens is 5. The van der Waals surface area contributed by atoms with Crippen molar-refractivity contribution in [3.8, 4) is 5.82 Å². The Hall–Kier alpha value is -3.56. The number of nitrogens with zero attached hydrogens (tertiary/aromatic N) is 6. The van der Waals surface area contributed by atoms with Crippen molar-refractivity contribution in [1.29, 1.82) is 0 Å². The number of rotatable bonds is 7. The smallest absolute Gasteiger partial charge is 0.229 e. The van der Waals surface area contributed by atoms with Crippen LogP contribution in [0.4, 0.5) is 11.6 Å². The maximum absolute atomic E-state index is 12.8. The second kappa shape index (κ2) is 8.34. The summed E-state index contributed by atoms with van der Waals surface area (Å²) in [5, 5.41) is 10.9. The molecule has 1 aliphatic carbocycles. The molecule has 9 nitrogen and oxygen atoms in total. The lowest BCUT2D eigenvalue weighted by Gasteiger charge is -2.12. The van der Waals surface area contributed by atoms with Gasteiger partial charge in [0.25, 0.3) is 0 Å². The van der Waals surface area contributed by atoms with Crippen molar-refractivity contribution < 1.29 is 9.63 Å². The number of hydrogen-bond acceptors (Lipinski definition) is 7. The summed E-state index contributed by atoms with van der Waals surface area (Å²) in [4.78, 5) is 27.4. The van der Waals surface area contributed by atoms with Crippen molar-refractivity contribution in [2.45, 2.75) is 32.7 Å². The fraction of sp³-hybridized carbons (Fsp3) is 0.360. The fourth-order valence-electron chi connectivity index (χ4n) is 4.48. The highest BCUT2D eigenvalue weighted by Gasteiger charge is 2.32. The van der Waals surface area contributed by atoms with Crippen LogP contribution in [-0.2, 0) is 18.4 Å². The minimum atomic E-state index is 0.182. The molecule has 0 amide bonds. The lowest BCUT2D eigenvalue weighted by molar-refractivity contribution is -0.117. The minimum absolute atomic E-state index is 0.182. The number of hydroxylamine groups is 2. The van der Waals surface area contributed by atoms with E-state index in [9.17, 15) is 4.79 Å². The van der Waals surface area contributed by atoms with E-state index in [4.69, 9.17) is 4.84 Å². The van der Waals surface area contributed by atoms with Crippen LogP contribution < -0.4 is 5.32 Å². The summed E-state index contributed by atoms with van der Waals surface area (Å²) in [5.41, 5.74) is 4.72. The molecule has 9 heteroatoms. The van der Waals surface area contributed by atoms with Crippen LogP contribution in [0.15, 0.2) is 42.9 Å². The summed E-state index contributed by atoms with van der Waals surface area (Å²) < 4.78 is 3.79. The van der Waals surface area contributed by atoms with Gasteiger partial charge in [-0.15, -0.1) is 0 Å². The third kappa shape index (κ3) is 3.97. The number of benzene rings is 1. The van der Waals surface area contributed by atoms with Gasteiger partial charge >= 0.3 is 0 Å². The van der Waals surface area contributed by atoms with E-state index in [1.54, 1.807) is 10.9 Å². The Labute approximate surface area is 197 Å². The monoisotopic (exact) mass is 457 g/mol. The van der Waals surface area contributed by atoms with Crippen molar-refractivity contribution in [2.75, 3.05) is 18.5 Å². The standard InChI is InChI=1S/C25H27N7O2/c1-16-18(13-31-10-3-11-34-31)14-32(29-16)23-8-9-26-25(28-23)27-19-6-7-22-20(12-19)21(15-30(22)2)24(33)17-4-5-17/h6-9,12,14-15,17H,3-5,10-11,13H2,1-2H3,(H,26,27,28). The first-order valence-corrected chi connectivity index (χ1v) is 11.7. The normalized spacial score (nSPS) is 16.4. The Morgan fingerprint density at radius 3 is 2.91 bits per heavy atom. The molecule has 3 aromatic heterocycles. The number of carbonyl (C=O) groups is 1. The van der Waals surface area contributed by atoms with Gasteiger partial charge in [0.2, 0.25) is 5.95 Å². The number of hydrogen-bond donors (Lipinski definition) is 1. The van der Waals surface area contributed by atoms with Gasteiger partial charge in [-0.25, -0.2) is 9.67 Å². The van der Waals surface area contributed by atoms with E-state index in [1.807, 2.05) is 60.3 Å². The summed E-state index contributed by atoms with van der Waals surface area (Å²) in [7, 11) is 1.97. The topological polar surface area (TPSA) is 90.1 Å². The van der Waals surface area contributed by atoms with Gasteiger partial charge in [-0.1, -0.05) is 0 Å². The molecule has 0 unspecified atom stereocenters. The van der Waals surface area contributed by atoms with Crippen molar-refractivity contribution in [1.82, 2.24) is 29.4 Å². The number of anilines is 2. The second-order valence-electron chi connectivity index (χ2n) is 9.12. The summed E-state index contributed by atoms with van der Waals surface area (Å²) in [6, 6.07) is 7.85. The Bertz CT molecular complexity index is 1380. The summed E-state index contributed by atoms with van der Waals surface area (Å²) >= 11 is 0. The molecule has 1 saturated carbocycles. The first-order valence-electron chi connectivity index (χ1n) is 11.7. The molecule has 1 aromatic carbocycles. The zero-order chi connectivity index (χ0) is 23.2. The van der Waals surface area contributed by atoms with Crippen LogP contribution in [0, 0.1) is 12.8 Å². The zero-order valence-electron chi connectivity index (χ0n) is 19.4. The van der Waals surface area contributed by atoms with Crippen molar-refractivity contribution >= 4 is 28.3 Å². The molecule has 1 saturated heterocycles. The van der Waals surface area contributed by atoms with Gasteiger partial charge in [-0.3, -0.25) is 9.63 Å². The molecule has 174 valence electrons. The number of Topliss-reactive ketones (excluding diaryl/α,β-unsaturated/α-hetero) is 1. The highest BCUT2D eigenvalue weighted by molar-refractivity contribution is 6.10. The number of fused-ring (bicyclic) bond motifs is 1. The van der Waals surface area contributed by atoms with Crippen molar-refractivity contribution in [3.63, 3.8) is 0 Å². The average Bonchev–Trinajstić information content (AvgIpc) is 3.30. The Morgan fingerprint density at radius 1 is 1.24 bits per heavy atom. The van der Waals surface area contributed by atoms with Crippen LogP contribution in [0.25, 0.3) is 16.7 Å². The van der Waals surface area contributed by atoms with E-state index in [2.05, 4.69) is 20.4 Å². The molecule has 4 aromatic rings. The van der Waals surface area contributed by atoms with Crippen LogP contribution in [0.1, 0.15) is 40.9 Å². The summed E-state index contributed by atoms with van der Waals surface area (Å²) in [5.74, 6) is 1.58. The lowest BCUT2D eigenvalue weighted by atomic mass is 10.1. The van der Waals surface area contributed by atoms with E-state index >= 15 is 0 Å². The predicted octanol–water partition coefficient (Wildman–Crippen LogP) is 3.94. The van der Waals surface area contributed by atoms with E-state index < -0.39 is 0 Å². The zero-order valence-corrected chi connectivity index (χ0v) is 19.4. The molecule has 0 radical (unpaired) electrons. The van der Waals surface area contributed by atoms with E-state index in [-0.39, 0.29) is 11.7 Å². The fourth-order valence-corrected chi connectivity index (χ4v) is 4.48. The van der Waals surface area contributed by atoms with Crippen LogP contribution in [0.3, 0.4) is 0 Å². The summed E-state index contributed by atoms with van der Waals surface area (Å²) in [6.07, 6.45) is 8.69. The predicted molar refractivity (Wildman–Crippen MR) is 128 cm³/mol. The van der Waals surface area contributed by atoms with Gasteiger partial charge in [0.15, 0.2) is 11.6 Å². The van der Waals surface area contributed by atoms with E-state index in [1.165, 1.54) is 0 Å². The van der Waals surface area contributed by atoms with Gasteiger partial charge in [-0.2, -0.15) is 15.1 Å². The molecule has 2 fully saturated rings. The molecule has 1 aliphatic heterocycles. The van der Waals surface area contributed by atoms with Gasteiger partial charge in [0.1, 0.15) is 0 Å². The Balaban J connectivity index is 1.25. The first-order chi connectivity index (χ1) is 16.5. The van der Waals surface area contributed by atoms with Crippen LogP contribution in [0.2, 0.25) is 0 Å². The maximum atomic E-state index is 12.8.